The van der Waals surface area contributed by atoms with Crippen LogP contribution in [0.3, 0.4) is 0 Å². The van der Waals surface area contributed by atoms with Crippen molar-refractivity contribution in [3.8, 4) is 16.9 Å². The van der Waals surface area contributed by atoms with Gasteiger partial charge in [0.25, 0.3) is 10.0 Å². The minimum absolute atomic E-state index is 0.0562. The summed E-state index contributed by atoms with van der Waals surface area (Å²) in [5.41, 5.74) is 1.40. The fraction of sp³-hybridized carbons (Fsp3) is 0.0500. The second kappa shape index (κ2) is 7.95. The molecule has 0 fully saturated rings. The zero-order chi connectivity index (χ0) is 20.3. The van der Waals surface area contributed by atoms with Gasteiger partial charge in [0.05, 0.1) is 10.6 Å². The lowest BCUT2D eigenvalue weighted by atomic mass is 10.1. The minimum Gasteiger partial charge on any atom is -0.507 e. The average Bonchev–Trinajstić information content (AvgIpc) is 2.67. The summed E-state index contributed by atoms with van der Waals surface area (Å²) in [6, 6.07) is 17.8. The molecular weight excluding hydrogens is 398 g/mol. The third kappa shape index (κ3) is 4.29. The van der Waals surface area contributed by atoms with Crippen LogP contribution in [0.2, 0.25) is 0 Å². The molecule has 28 heavy (non-hydrogen) atoms. The molecule has 0 saturated heterocycles. The number of aromatic hydroxyl groups is 1. The van der Waals surface area contributed by atoms with Crippen LogP contribution >= 0.6 is 11.8 Å². The lowest BCUT2D eigenvalue weighted by Gasteiger charge is -2.11. The summed E-state index contributed by atoms with van der Waals surface area (Å²) >= 11 is 1.62. The Balaban J connectivity index is 1.89. The van der Waals surface area contributed by atoms with E-state index in [0.29, 0.717) is 0 Å². The molecule has 0 amide bonds. The Bertz CT molecular complexity index is 1130. The summed E-state index contributed by atoms with van der Waals surface area (Å²) in [5, 5.41) is 18.7. The number of aromatic carboxylic acids is 1. The molecule has 0 heterocycles. The average molecular weight is 415 g/mol. The zero-order valence-electron chi connectivity index (χ0n) is 14.8. The van der Waals surface area contributed by atoms with E-state index in [4.69, 9.17) is 5.11 Å². The van der Waals surface area contributed by atoms with Crippen LogP contribution < -0.4 is 4.72 Å². The topological polar surface area (TPSA) is 104 Å². The Hall–Kier alpha value is -2.97. The monoisotopic (exact) mass is 415 g/mol. The number of carboxylic acids is 1. The molecule has 3 rings (SSSR count). The number of benzene rings is 3. The second-order valence-electron chi connectivity index (χ2n) is 5.90. The quantitative estimate of drug-likeness (QED) is 0.519. The van der Waals surface area contributed by atoms with Crippen LogP contribution in [0.25, 0.3) is 11.1 Å². The molecule has 0 bridgehead atoms. The number of sulfonamides is 1. The molecular formula is C20H17NO5S2. The van der Waals surface area contributed by atoms with Crippen LogP contribution in [0.1, 0.15) is 10.4 Å². The first-order valence-electron chi connectivity index (χ1n) is 8.14. The first-order valence-corrected chi connectivity index (χ1v) is 10.8. The molecule has 0 saturated carbocycles. The Morgan fingerprint density at radius 1 is 0.964 bits per heavy atom. The summed E-state index contributed by atoms with van der Waals surface area (Å²) < 4.78 is 27.8. The molecule has 0 spiro atoms. The molecule has 144 valence electrons. The number of carboxylic acid groups (broad SMARTS) is 1. The van der Waals surface area contributed by atoms with Crippen LogP contribution in [0.5, 0.6) is 5.75 Å². The van der Waals surface area contributed by atoms with Gasteiger partial charge >= 0.3 is 5.97 Å². The van der Waals surface area contributed by atoms with E-state index in [1.54, 1.807) is 23.9 Å². The molecule has 0 radical (unpaired) electrons. The maximum atomic E-state index is 12.7. The van der Waals surface area contributed by atoms with Gasteiger partial charge < -0.3 is 10.2 Å². The van der Waals surface area contributed by atoms with E-state index >= 15 is 0 Å². The SMILES string of the molecule is CSc1ccc(-c2cccc(S(=O)(=O)Nc3ccc(C(=O)O)c(O)c3)c2)cc1. The van der Waals surface area contributed by atoms with E-state index in [1.165, 1.54) is 12.1 Å². The van der Waals surface area contributed by atoms with Gasteiger partial charge in [0, 0.05) is 11.0 Å². The fourth-order valence-electron chi connectivity index (χ4n) is 2.62. The van der Waals surface area contributed by atoms with Crippen molar-refractivity contribution in [3.63, 3.8) is 0 Å². The highest BCUT2D eigenvalue weighted by Gasteiger charge is 2.17. The zero-order valence-corrected chi connectivity index (χ0v) is 16.4. The molecule has 3 aromatic carbocycles. The minimum atomic E-state index is -3.92. The smallest absolute Gasteiger partial charge is 0.339 e. The van der Waals surface area contributed by atoms with E-state index in [9.17, 15) is 18.3 Å². The van der Waals surface area contributed by atoms with Crippen LogP contribution in [0, 0.1) is 0 Å². The van der Waals surface area contributed by atoms with Gasteiger partial charge in [-0.2, -0.15) is 0 Å². The molecule has 0 aliphatic heterocycles. The number of rotatable bonds is 6. The van der Waals surface area contributed by atoms with E-state index in [1.807, 2.05) is 36.6 Å². The maximum Gasteiger partial charge on any atom is 0.339 e. The van der Waals surface area contributed by atoms with Crippen LogP contribution in [-0.2, 0) is 10.0 Å². The molecule has 0 aromatic heterocycles. The Kier molecular flexibility index (Phi) is 5.62. The normalized spacial score (nSPS) is 11.2. The van der Waals surface area contributed by atoms with Gasteiger partial charge in [-0.15, -0.1) is 11.8 Å². The van der Waals surface area contributed by atoms with Crippen molar-refractivity contribution in [2.45, 2.75) is 9.79 Å². The third-order valence-electron chi connectivity index (χ3n) is 4.05. The van der Waals surface area contributed by atoms with E-state index in [-0.39, 0.29) is 16.1 Å². The number of thioether (sulfide) groups is 1. The van der Waals surface area contributed by atoms with Crippen LogP contribution in [0.15, 0.2) is 76.5 Å². The molecule has 0 unspecified atom stereocenters. The standard InChI is InChI=1S/C20H17NO5S2/c1-27-16-8-5-13(6-9-16)14-3-2-4-17(11-14)28(25,26)21-15-7-10-18(20(23)24)19(22)12-15/h2-12,21-22H,1H3,(H,23,24). The summed E-state index contributed by atoms with van der Waals surface area (Å²) in [6.07, 6.45) is 1.98. The van der Waals surface area contributed by atoms with E-state index in [2.05, 4.69) is 4.72 Å². The number of phenols is 1. The molecule has 0 aliphatic carbocycles. The van der Waals surface area contributed by atoms with Gasteiger partial charge in [-0.3, -0.25) is 4.72 Å². The summed E-state index contributed by atoms with van der Waals surface area (Å²) in [7, 11) is -3.92. The van der Waals surface area contributed by atoms with Crippen molar-refractivity contribution in [3.05, 3.63) is 72.3 Å². The molecule has 3 aromatic rings. The van der Waals surface area contributed by atoms with Crippen molar-refractivity contribution in [2.24, 2.45) is 0 Å². The van der Waals surface area contributed by atoms with E-state index < -0.39 is 21.7 Å². The Morgan fingerprint density at radius 2 is 1.68 bits per heavy atom. The number of hydrogen-bond acceptors (Lipinski definition) is 5. The van der Waals surface area contributed by atoms with Gasteiger partial charge in [-0.05, 0) is 53.8 Å². The predicted molar refractivity (Wildman–Crippen MR) is 110 cm³/mol. The Morgan fingerprint density at radius 3 is 2.29 bits per heavy atom. The molecule has 0 aliphatic rings. The maximum absolute atomic E-state index is 12.7. The highest BCUT2D eigenvalue weighted by molar-refractivity contribution is 7.98. The molecule has 3 N–H and O–H groups in total. The predicted octanol–water partition coefficient (Wildman–Crippen LogP) is 4.28. The van der Waals surface area contributed by atoms with Gasteiger partial charge in [-0.25, -0.2) is 13.2 Å². The van der Waals surface area contributed by atoms with Gasteiger partial charge in [0.1, 0.15) is 11.3 Å². The van der Waals surface area contributed by atoms with Crippen molar-refractivity contribution >= 4 is 33.4 Å². The van der Waals surface area contributed by atoms with Gasteiger partial charge in [-0.1, -0.05) is 24.3 Å². The third-order valence-corrected chi connectivity index (χ3v) is 6.17. The Labute approximate surface area is 166 Å². The fourth-order valence-corrected chi connectivity index (χ4v) is 4.12. The number of nitrogens with one attached hydrogen (secondary N) is 1. The van der Waals surface area contributed by atoms with Crippen LogP contribution in [0.4, 0.5) is 5.69 Å². The lowest BCUT2D eigenvalue weighted by molar-refractivity contribution is 0.0694. The lowest BCUT2D eigenvalue weighted by Crippen LogP contribution is -2.13. The summed E-state index contributed by atoms with van der Waals surface area (Å²) in [5.74, 6) is -1.82. The summed E-state index contributed by atoms with van der Waals surface area (Å²) in [6.45, 7) is 0. The van der Waals surface area contributed by atoms with Crippen molar-refractivity contribution < 1.29 is 23.4 Å². The number of hydrogen-bond donors (Lipinski definition) is 3. The van der Waals surface area contributed by atoms with E-state index in [0.717, 1.165) is 28.2 Å². The highest BCUT2D eigenvalue weighted by atomic mass is 32.2. The van der Waals surface area contributed by atoms with Crippen molar-refractivity contribution in [1.29, 1.82) is 0 Å². The largest absolute Gasteiger partial charge is 0.507 e. The number of anilines is 1. The molecule has 8 heteroatoms. The van der Waals surface area contributed by atoms with Crippen molar-refractivity contribution in [1.82, 2.24) is 0 Å². The second-order valence-corrected chi connectivity index (χ2v) is 8.46. The summed E-state index contributed by atoms with van der Waals surface area (Å²) in [4.78, 5) is 12.1. The van der Waals surface area contributed by atoms with Gasteiger partial charge in [0.2, 0.25) is 0 Å². The molecule has 6 nitrogen and oxygen atoms in total. The first kappa shape index (κ1) is 19.8. The van der Waals surface area contributed by atoms with Gasteiger partial charge in [0.15, 0.2) is 0 Å². The van der Waals surface area contributed by atoms with Crippen molar-refractivity contribution in [2.75, 3.05) is 11.0 Å². The van der Waals surface area contributed by atoms with Crippen LogP contribution in [-0.4, -0.2) is 30.9 Å². The highest BCUT2D eigenvalue weighted by Crippen LogP contribution is 2.27. The molecule has 0 atom stereocenters. The number of carbonyl (C=O) groups is 1. The first-order chi connectivity index (χ1) is 13.3.